The summed E-state index contributed by atoms with van der Waals surface area (Å²) in [5, 5.41) is 0.715. The van der Waals surface area contributed by atoms with E-state index in [2.05, 4.69) is 9.97 Å². The average molecular weight is 297 g/mol. The van der Waals surface area contributed by atoms with Crippen molar-refractivity contribution in [2.24, 2.45) is 0 Å². The van der Waals surface area contributed by atoms with Crippen molar-refractivity contribution in [1.82, 2.24) is 9.97 Å². The van der Waals surface area contributed by atoms with E-state index in [9.17, 15) is 4.79 Å². The summed E-state index contributed by atoms with van der Waals surface area (Å²) in [7, 11) is 0. The Morgan fingerprint density at radius 2 is 1.95 bits per heavy atom. The normalized spacial score (nSPS) is 10.8. The number of aryl methyl sites for hydroxylation is 1. The van der Waals surface area contributed by atoms with E-state index in [1.807, 2.05) is 50.2 Å². The lowest BCUT2D eigenvalue weighted by Crippen LogP contribution is -2.31. The van der Waals surface area contributed by atoms with Gasteiger partial charge >= 0.3 is 0 Å². The molecule has 4 nitrogen and oxygen atoms in total. The number of anilines is 1. The number of pyridine rings is 1. The first-order valence-electron chi connectivity index (χ1n) is 6.80. The van der Waals surface area contributed by atoms with Crippen LogP contribution in [0.3, 0.4) is 0 Å². The molecule has 0 aliphatic heterocycles. The summed E-state index contributed by atoms with van der Waals surface area (Å²) in [4.78, 5) is 23.2. The van der Waals surface area contributed by atoms with Crippen molar-refractivity contribution in [3.63, 3.8) is 0 Å². The van der Waals surface area contributed by atoms with E-state index in [0.29, 0.717) is 17.4 Å². The largest absolute Gasteiger partial charge is 0.283 e. The van der Waals surface area contributed by atoms with E-state index in [1.165, 1.54) is 11.3 Å². The molecule has 2 heterocycles. The van der Waals surface area contributed by atoms with Crippen LogP contribution >= 0.6 is 11.3 Å². The molecule has 106 valence electrons. The predicted octanol–water partition coefficient (Wildman–Crippen LogP) is 3.67. The van der Waals surface area contributed by atoms with E-state index in [1.54, 1.807) is 11.0 Å². The van der Waals surface area contributed by atoms with E-state index in [-0.39, 0.29) is 5.91 Å². The monoisotopic (exact) mass is 297 g/mol. The van der Waals surface area contributed by atoms with Gasteiger partial charge in [0.2, 0.25) is 0 Å². The third-order valence-electron chi connectivity index (χ3n) is 3.18. The third-order valence-corrected chi connectivity index (χ3v) is 4.24. The Balaban J connectivity index is 1.99. The second-order valence-electron chi connectivity index (χ2n) is 4.68. The molecule has 3 rings (SSSR count). The smallest absolute Gasteiger partial charge is 0.278 e. The van der Waals surface area contributed by atoms with Crippen molar-refractivity contribution in [1.29, 1.82) is 0 Å². The molecule has 0 fully saturated rings. The van der Waals surface area contributed by atoms with E-state index < -0.39 is 0 Å². The lowest BCUT2D eigenvalue weighted by molar-refractivity contribution is 0.0983. The van der Waals surface area contributed by atoms with Crippen molar-refractivity contribution in [2.75, 3.05) is 11.4 Å². The van der Waals surface area contributed by atoms with Crippen LogP contribution in [0.25, 0.3) is 10.2 Å². The SMILES string of the molecule is CCN(C(=O)c1cccc(C)n1)c1nc2ccccc2s1. The summed E-state index contributed by atoms with van der Waals surface area (Å²) in [5.41, 5.74) is 2.21. The van der Waals surface area contributed by atoms with Gasteiger partial charge in [0.05, 0.1) is 10.2 Å². The number of benzene rings is 1. The number of hydrogen-bond donors (Lipinski definition) is 0. The molecule has 0 atom stereocenters. The van der Waals surface area contributed by atoms with Crippen molar-refractivity contribution in [3.05, 3.63) is 53.9 Å². The molecule has 5 heteroatoms. The average Bonchev–Trinajstić information content (AvgIpc) is 2.91. The molecule has 0 radical (unpaired) electrons. The zero-order chi connectivity index (χ0) is 14.8. The molecule has 1 amide bonds. The standard InChI is InChI=1S/C16H15N3OS/c1-3-19(15(20)13-9-6-7-11(2)17-13)16-18-12-8-4-5-10-14(12)21-16/h4-10H,3H2,1-2H3. The van der Waals surface area contributed by atoms with E-state index >= 15 is 0 Å². The van der Waals surface area contributed by atoms with Crippen LogP contribution in [0.2, 0.25) is 0 Å². The molecule has 1 aromatic carbocycles. The van der Waals surface area contributed by atoms with Crippen LogP contribution in [-0.4, -0.2) is 22.4 Å². The first-order valence-corrected chi connectivity index (χ1v) is 7.62. The van der Waals surface area contributed by atoms with Crippen LogP contribution in [0.15, 0.2) is 42.5 Å². The lowest BCUT2D eigenvalue weighted by atomic mass is 10.3. The Bertz CT molecular complexity index is 764. The van der Waals surface area contributed by atoms with Gasteiger partial charge in [0, 0.05) is 12.2 Å². The predicted molar refractivity (Wildman–Crippen MR) is 85.9 cm³/mol. The van der Waals surface area contributed by atoms with Crippen LogP contribution in [0, 0.1) is 6.92 Å². The maximum atomic E-state index is 12.6. The number of carbonyl (C=O) groups is 1. The minimum absolute atomic E-state index is 0.111. The minimum Gasteiger partial charge on any atom is -0.283 e. The highest BCUT2D eigenvalue weighted by Crippen LogP contribution is 2.29. The summed E-state index contributed by atoms with van der Waals surface area (Å²) in [6.07, 6.45) is 0. The molecular formula is C16H15N3OS. The molecule has 0 N–H and O–H groups in total. The van der Waals surface area contributed by atoms with Gasteiger partial charge in [-0.2, -0.15) is 0 Å². The van der Waals surface area contributed by atoms with Crippen LogP contribution < -0.4 is 4.90 Å². The fourth-order valence-corrected chi connectivity index (χ4v) is 3.17. The molecule has 0 aliphatic carbocycles. The van der Waals surface area contributed by atoms with Gasteiger partial charge in [0.15, 0.2) is 5.13 Å². The molecule has 21 heavy (non-hydrogen) atoms. The number of thiazole rings is 1. The van der Waals surface area contributed by atoms with Crippen molar-refractivity contribution < 1.29 is 4.79 Å². The summed E-state index contributed by atoms with van der Waals surface area (Å²) in [5.74, 6) is -0.111. The van der Waals surface area contributed by atoms with Crippen LogP contribution in [0.5, 0.6) is 0 Å². The first-order chi connectivity index (χ1) is 10.2. The van der Waals surface area contributed by atoms with Gasteiger partial charge in [0.25, 0.3) is 5.91 Å². The van der Waals surface area contributed by atoms with Crippen molar-refractivity contribution >= 4 is 32.6 Å². The summed E-state index contributed by atoms with van der Waals surface area (Å²) >= 11 is 1.52. The van der Waals surface area contributed by atoms with Gasteiger partial charge in [-0.05, 0) is 38.1 Å². The fraction of sp³-hybridized carbons (Fsp3) is 0.188. The molecule has 0 aliphatic rings. The highest BCUT2D eigenvalue weighted by molar-refractivity contribution is 7.22. The van der Waals surface area contributed by atoms with E-state index in [0.717, 1.165) is 15.9 Å². The fourth-order valence-electron chi connectivity index (χ4n) is 2.14. The Kier molecular flexibility index (Phi) is 3.66. The number of aromatic nitrogens is 2. The molecule has 0 unspecified atom stereocenters. The van der Waals surface area contributed by atoms with Gasteiger partial charge in [-0.25, -0.2) is 9.97 Å². The third kappa shape index (κ3) is 2.64. The molecule has 2 aromatic heterocycles. The second-order valence-corrected chi connectivity index (χ2v) is 5.69. The number of hydrogen-bond acceptors (Lipinski definition) is 4. The highest BCUT2D eigenvalue weighted by atomic mass is 32.1. The van der Waals surface area contributed by atoms with Crippen molar-refractivity contribution in [2.45, 2.75) is 13.8 Å². The molecule has 0 saturated carbocycles. The van der Waals surface area contributed by atoms with Gasteiger partial charge in [-0.15, -0.1) is 0 Å². The van der Waals surface area contributed by atoms with Crippen LogP contribution in [0.1, 0.15) is 23.1 Å². The summed E-state index contributed by atoms with van der Waals surface area (Å²) < 4.78 is 1.08. The Morgan fingerprint density at radius 3 is 2.67 bits per heavy atom. The summed E-state index contributed by atoms with van der Waals surface area (Å²) in [6.45, 7) is 4.39. The number of para-hydroxylation sites is 1. The second kappa shape index (κ2) is 5.61. The van der Waals surface area contributed by atoms with Gasteiger partial charge in [-0.1, -0.05) is 29.5 Å². The number of carbonyl (C=O) groups excluding carboxylic acids is 1. The van der Waals surface area contributed by atoms with Gasteiger partial charge in [-0.3, -0.25) is 9.69 Å². The van der Waals surface area contributed by atoms with E-state index in [4.69, 9.17) is 0 Å². The number of nitrogens with zero attached hydrogens (tertiary/aromatic N) is 3. The Labute approximate surface area is 127 Å². The van der Waals surface area contributed by atoms with Crippen LogP contribution in [0.4, 0.5) is 5.13 Å². The number of rotatable bonds is 3. The zero-order valence-corrected chi connectivity index (χ0v) is 12.7. The number of fused-ring (bicyclic) bond motifs is 1. The van der Waals surface area contributed by atoms with Gasteiger partial charge in [0.1, 0.15) is 5.69 Å². The summed E-state index contributed by atoms with van der Waals surface area (Å²) in [6, 6.07) is 13.4. The topological polar surface area (TPSA) is 46.1 Å². The highest BCUT2D eigenvalue weighted by Gasteiger charge is 2.20. The Hall–Kier alpha value is -2.27. The zero-order valence-electron chi connectivity index (χ0n) is 11.9. The lowest BCUT2D eigenvalue weighted by Gasteiger charge is -2.17. The molecule has 0 spiro atoms. The van der Waals surface area contributed by atoms with Gasteiger partial charge < -0.3 is 0 Å². The quantitative estimate of drug-likeness (QED) is 0.741. The molecular weight excluding hydrogens is 282 g/mol. The molecule has 3 aromatic rings. The van der Waals surface area contributed by atoms with Crippen LogP contribution in [-0.2, 0) is 0 Å². The maximum Gasteiger partial charge on any atom is 0.278 e. The Morgan fingerprint density at radius 1 is 1.14 bits per heavy atom. The number of amides is 1. The molecule has 0 bridgehead atoms. The molecule has 0 saturated heterocycles. The minimum atomic E-state index is -0.111. The first kappa shape index (κ1) is 13.7. The van der Waals surface area contributed by atoms with Crippen molar-refractivity contribution in [3.8, 4) is 0 Å². The maximum absolute atomic E-state index is 12.6.